The average Bonchev–Trinajstić information content (AvgIpc) is 2.53. The van der Waals surface area contributed by atoms with Crippen molar-refractivity contribution >= 4 is 12.0 Å². The van der Waals surface area contributed by atoms with E-state index in [1.165, 1.54) is 12.1 Å². The van der Waals surface area contributed by atoms with Gasteiger partial charge in [-0.25, -0.2) is 0 Å². The average molecular weight is 287 g/mol. The molecule has 0 radical (unpaired) electrons. The number of rotatable bonds is 6. The van der Waals surface area contributed by atoms with Crippen molar-refractivity contribution < 1.29 is 19.6 Å². The van der Waals surface area contributed by atoms with Crippen molar-refractivity contribution in [2.45, 2.75) is 6.10 Å². The molecule has 2 aromatic carbocycles. The Morgan fingerprint density at radius 1 is 1.24 bits per heavy atom. The van der Waals surface area contributed by atoms with Gasteiger partial charge in [-0.2, -0.15) is 0 Å². The maximum absolute atomic E-state index is 11.0. The predicted molar refractivity (Wildman–Crippen MR) is 75.4 cm³/mol. The number of hydrogen-bond acceptors (Lipinski definition) is 5. The number of nitro benzene ring substituents is 1. The highest BCUT2D eigenvalue weighted by molar-refractivity contribution is 5.80. The number of aldehydes is 1. The van der Waals surface area contributed by atoms with Crippen LogP contribution in [0.1, 0.15) is 22.0 Å². The van der Waals surface area contributed by atoms with Gasteiger partial charge in [0.1, 0.15) is 18.5 Å². The van der Waals surface area contributed by atoms with Crippen molar-refractivity contribution in [3.63, 3.8) is 0 Å². The lowest BCUT2D eigenvalue weighted by Crippen LogP contribution is -2.10. The molecule has 0 aliphatic rings. The maximum Gasteiger partial charge on any atom is 0.270 e. The first-order chi connectivity index (χ1) is 10.1. The summed E-state index contributed by atoms with van der Waals surface area (Å²) in [5, 5.41) is 20.6. The maximum atomic E-state index is 11.0. The second-order valence-corrected chi connectivity index (χ2v) is 4.33. The highest BCUT2D eigenvalue weighted by atomic mass is 16.6. The Hall–Kier alpha value is -2.73. The van der Waals surface area contributed by atoms with Gasteiger partial charge in [-0.3, -0.25) is 14.9 Å². The summed E-state index contributed by atoms with van der Waals surface area (Å²) in [6.07, 6.45) is -0.363. The van der Waals surface area contributed by atoms with Crippen LogP contribution in [0.2, 0.25) is 0 Å². The van der Waals surface area contributed by atoms with E-state index in [0.29, 0.717) is 11.8 Å². The molecular formula is C15H13NO5. The fourth-order valence-corrected chi connectivity index (χ4v) is 1.81. The number of carbonyl (C=O) groups is 1. The third kappa shape index (κ3) is 3.64. The van der Waals surface area contributed by atoms with Gasteiger partial charge >= 0.3 is 0 Å². The van der Waals surface area contributed by atoms with Crippen LogP contribution in [0.5, 0.6) is 5.75 Å². The zero-order valence-corrected chi connectivity index (χ0v) is 11.0. The van der Waals surface area contributed by atoms with E-state index in [4.69, 9.17) is 4.74 Å². The zero-order chi connectivity index (χ0) is 15.2. The zero-order valence-electron chi connectivity index (χ0n) is 11.0. The molecule has 6 heteroatoms. The molecule has 1 atom stereocenters. The third-order valence-corrected chi connectivity index (χ3v) is 2.91. The Morgan fingerprint density at radius 2 is 1.95 bits per heavy atom. The highest BCUT2D eigenvalue weighted by Crippen LogP contribution is 2.24. The lowest BCUT2D eigenvalue weighted by molar-refractivity contribution is -0.384. The van der Waals surface area contributed by atoms with Gasteiger partial charge in [0.15, 0.2) is 6.29 Å². The number of aliphatic hydroxyl groups excluding tert-OH is 1. The van der Waals surface area contributed by atoms with E-state index in [-0.39, 0.29) is 23.6 Å². The fraction of sp³-hybridized carbons (Fsp3) is 0.133. The number of nitrogens with zero attached hydrogens (tertiary/aromatic N) is 1. The lowest BCUT2D eigenvalue weighted by atomic mass is 10.1. The van der Waals surface area contributed by atoms with Gasteiger partial charge in [0.25, 0.3) is 5.69 Å². The molecule has 1 unspecified atom stereocenters. The molecule has 0 heterocycles. The summed E-state index contributed by atoms with van der Waals surface area (Å²) in [7, 11) is 0. The van der Waals surface area contributed by atoms with Crippen LogP contribution >= 0.6 is 0 Å². The molecule has 0 amide bonds. The summed E-state index contributed by atoms with van der Waals surface area (Å²) >= 11 is 0. The summed E-state index contributed by atoms with van der Waals surface area (Å²) < 4.78 is 5.38. The number of hydrogen-bond donors (Lipinski definition) is 1. The molecule has 0 aliphatic carbocycles. The monoisotopic (exact) mass is 287 g/mol. The fourth-order valence-electron chi connectivity index (χ4n) is 1.81. The number of ether oxygens (including phenoxy) is 1. The van der Waals surface area contributed by atoms with Crippen LogP contribution in [0, 0.1) is 10.1 Å². The standard InChI is InChI=1S/C15H13NO5/c17-9-12-8-13(16(19)20)6-7-15(12)21-10-14(18)11-4-2-1-3-5-11/h1-9,14,18H,10H2. The Bertz CT molecular complexity index is 642. The summed E-state index contributed by atoms with van der Waals surface area (Å²) in [6, 6.07) is 12.7. The van der Waals surface area contributed by atoms with Crippen molar-refractivity contribution in [2.75, 3.05) is 6.61 Å². The summed E-state index contributed by atoms with van der Waals surface area (Å²) in [4.78, 5) is 21.0. The molecule has 0 aliphatic heterocycles. The molecular weight excluding hydrogens is 274 g/mol. The molecule has 21 heavy (non-hydrogen) atoms. The van der Waals surface area contributed by atoms with Gasteiger partial charge in [-0.15, -0.1) is 0 Å². The molecule has 0 spiro atoms. The predicted octanol–water partition coefficient (Wildman–Crippen LogP) is 2.52. The van der Waals surface area contributed by atoms with Crippen molar-refractivity contribution in [1.29, 1.82) is 0 Å². The van der Waals surface area contributed by atoms with Gasteiger partial charge in [0, 0.05) is 12.1 Å². The molecule has 2 aromatic rings. The number of aliphatic hydroxyl groups is 1. The summed E-state index contributed by atoms with van der Waals surface area (Å²) in [5.41, 5.74) is 0.574. The van der Waals surface area contributed by atoms with Gasteiger partial charge in [0.2, 0.25) is 0 Å². The Kier molecular flexibility index (Phi) is 4.63. The smallest absolute Gasteiger partial charge is 0.270 e. The first kappa shape index (κ1) is 14.7. The summed E-state index contributed by atoms with van der Waals surface area (Å²) in [6.45, 7) is -0.0529. The largest absolute Gasteiger partial charge is 0.490 e. The van der Waals surface area contributed by atoms with E-state index in [1.54, 1.807) is 24.3 Å². The number of nitro groups is 1. The van der Waals surface area contributed by atoms with Gasteiger partial charge in [-0.1, -0.05) is 30.3 Å². The molecule has 1 N–H and O–H groups in total. The van der Waals surface area contributed by atoms with Crippen molar-refractivity contribution in [3.05, 3.63) is 69.8 Å². The lowest BCUT2D eigenvalue weighted by Gasteiger charge is -2.13. The Balaban J connectivity index is 2.09. The molecule has 0 saturated carbocycles. The Morgan fingerprint density at radius 3 is 2.57 bits per heavy atom. The molecule has 0 aromatic heterocycles. The normalized spacial score (nSPS) is 11.7. The van der Waals surface area contributed by atoms with E-state index in [2.05, 4.69) is 0 Å². The SMILES string of the molecule is O=Cc1cc([N+](=O)[O-])ccc1OCC(O)c1ccccc1. The topological polar surface area (TPSA) is 89.7 Å². The molecule has 108 valence electrons. The van der Waals surface area contributed by atoms with Crippen molar-refractivity contribution in [3.8, 4) is 5.75 Å². The molecule has 2 rings (SSSR count). The molecule has 0 fully saturated rings. The van der Waals surface area contributed by atoms with Crippen LogP contribution in [-0.4, -0.2) is 22.9 Å². The third-order valence-electron chi connectivity index (χ3n) is 2.91. The quantitative estimate of drug-likeness (QED) is 0.501. The van der Waals surface area contributed by atoms with Crippen LogP contribution in [0.25, 0.3) is 0 Å². The van der Waals surface area contributed by atoms with Crippen LogP contribution in [0.3, 0.4) is 0 Å². The van der Waals surface area contributed by atoms with Gasteiger partial charge < -0.3 is 9.84 Å². The summed E-state index contributed by atoms with van der Waals surface area (Å²) in [5.74, 6) is 0.200. The van der Waals surface area contributed by atoms with E-state index >= 15 is 0 Å². The minimum atomic E-state index is -0.846. The number of non-ortho nitro benzene ring substituents is 1. The van der Waals surface area contributed by atoms with Gasteiger partial charge in [-0.05, 0) is 11.6 Å². The molecule has 6 nitrogen and oxygen atoms in total. The van der Waals surface area contributed by atoms with Crippen LogP contribution < -0.4 is 4.74 Å². The minimum absolute atomic E-state index is 0.0529. The van der Waals surface area contributed by atoms with Gasteiger partial charge in [0.05, 0.1) is 10.5 Å². The van der Waals surface area contributed by atoms with Crippen LogP contribution in [0.15, 0.2) is 48.5 Å². The first-order valence-electron chi connectivity index (χ1n) is 6.21. The minimum Gasteiger partial charge on any atom is -0.490 e. The second-order valence-electron chi connectivity index (χ2n) is 4.33. The number of benzene rings is 2. The highest BCUT2D eigenvalue weighted by Gasteiger charge is 2.13. The number of carbonyl (C=O) groups excluding carboxylic acids is 1. The van der Waals surface area contributed by atoms with E-state index in [9.17, 15) is 20.0 Å². The Labute approximate surface area is 120 Å². The van der Waals surface area contributed by atoms with Crippen LogP contribution in [0.4, 0.5) is 5.69 Å². The van der Waals surface area contributed by atoms with E-state index in [0.717, 1.165) is 6.07 Å². The van der Waals surface area contributed by atoms with Crippen molar-refractivity contribution in [1.82, 2.24) is 0 Å². The van der Waals surface area contributed by atoms with E-state index < -0.39 is 11.0 Å². The first-order valence-corrected chi connectivity index (χ1v) is 6.21. The van der Waals surface area contributed by atoms with Crippen molar-refractivity contribution in [2.24, 2.45) is 0 Å². The van der Waals surface area contributed by atoms with Crippen LogP contribution in [-0.2, 0) is 0 Å². The second kappa shape index (κ2) is 6.62. The molecule has 0 bridgehead atoms. The molecule has 0 saturated heterocycles. The van der Waals surface area contributed by atoms with E-state index in [1.807, 2.05) is 6.07 Å².